The fourth-order valence-corrected chi connectivity index (χ4v) is 4.03. The van der Waals surface area contributed by atoms with Crippen LogP contribution in [0.3, 0.4) is 0 Å². The second-order valence-electron chi connectivity index (χ2n) is 3.89. The fourth-order valence-electron chi connectivity index (χ4n) is 1.42. The van der Waals surface area contributed by atoms with E-state index in [2.05, 4.69) is 0 Å². The molecule has 0 amide bonds. The van der Waals surface area contributed by atoms with Crippen LogP contribution in [0.15, 0.2) is 17.0 Å². The molecule has 0 spiro atoms. The predicted octanol–water partition coefficient (Wildman–Crippen LogP) is 2.68. The van der Waals surface area contributed by atoms with Crippen molar-refractivity contribution in [2.24, 2.45) is 0 Å². The van der Waals surface area contributed by atoms with E-state index >= 15 is 0 Å². The summed E-state index contributed by atoms with van der Waals surface area (Å²) in [6.07, 6.45) is 1.86. The highest BCUT2D eigenvalue weighted by Gasteiger charge is 2.27. The highest BCUT2D eigenvalue weighted by Crippen LogP contribution is 2.31. The SMILES string of the molecule is CSCCN(C)S(=O)(=O)c1cc(Cl)cc(C(=O)O)c1Cl. The molecule has 0 saturated heterocycles. The summed E-state index contributed by atoms with van der Waals surface area (Å²) >= 11 is 13.2. The fraction of sp³-hybridized carbons (Fsp3) is 0.364. The maximum Gasteiger partial charge on any atom is 0.337 e. The Morgan fingerprint density at radius 3 is 2.50 bits per heavy atom. The molecule has 0 aliphatic rings. The van der Waals surface area contributed by atoms with Gasteiger partial charge in [0, 0.05) is 24.4 Å². The topological polar surface area (TPSA) is 74.7 Å². The van der Waals surface area contributed by atoms with E-state index in [1.165, 1.54) is 18.8 Å². The molecule has 0 radical (unpaired) electrons. The Morgan fingerprint density at radius 2 is 2.00 bits per heavy atom. The van der Waals surface area contributed by atoms with Crippen molar-refractivity contribution in [3.63, 3.8) is 0 Å². The van der Waals surface area contributed by atoms with Crippen molar-refractivity contribution in [3.8, 4) is 0 Å². The van der Waals surface area contributed by atoms with Crippen molar-refractivity contribution in [2.45, 2.75) is 4.90 Å². The van der Waals surface area contributed by atoms with E-state index in [-0.39, 0.29) is 27.0 Å². The standard InChI is InChI=1S/C11H13Cl2NO4S2/c1-14(3-4-19-2)20(17,18)9-6-7(12)5-8(10(9)13)11(15)16/h5-6H,3-4H2,1-2H3,(H,15,16). The normalized spacial score (nSPS) is 11.8. The van der Waals surface area contributed by atoms with Gasteiger partial charge >= 0.3 is 5.97 Å². The number of carbonyl (C=O) groups is 1. The third-order valence-electron chi connectivity index (χ3n) is 2.53. The van der Waals surface area contributed by atoms with Gasteiger partial charge in [-0.25, -0.2) is 17.5 Å². The van der Waals surface area contributed by atoms with Crippen molar-refractivity contribution in [1.29, 1.82) is 0 Å². The van der Waals surface area contributed by atoms with Gasteiger partial charge in [-0.2, -0.15) is 11.8 Å². The van der Waals surface area contributed by atoms with E-state index in [1.54, 1.807) is 0 Å². The Kier molecular flexibility index (Phi) is 6.15. The van der Waals surface area contributed by atoms with Gasteiger partial charge in [-0.05, 0) is 18.4 Å². The minimum absolute atomic E-state index is 0.00337. The van der Waals surface area contributed by atoms with Gasteiger partial charge in [0.1, 0.15) is 4.90 Å². The highest BCUT2D eigenvalue weighted by atomic mass is 35.5. The number of hydrogen-bond acceptors (Lipinski definition) is 4. The van der Waals surface area contributed by atoms with Gasteiger partial charge in [0.05, 0.1) is 10.6 Å². The Bertz CT molecular complexity index is 619. The first-order valence-corrected chi connectivity index (χ1v) is 8.98. The van der Waals surface area contributed by atoms with Gasteiger partial charge in [-0.1, -0.05) is 23.2 Å². The Hall–Kier alpha value is -0.470. The van der Waals surface area contributed by atoms with Crippen LogP contribution in [0.4, 0.5) is 0 Å². The summed E-state index contributed by atoms with van der Waals surface area (Å²) in [4.78, 5) is 10.7. The van der Waals surface area contributed by atoms with Crippen LogP contribution in [0.1, 0.15) is 10.4 Å². The number of nitrogens with zero attached hydrogens (tertiary/aromatic N) is 1. The molecule has 0 heterocycles. The number of benzene rings is 1. The van der Waals surface area contributed by atoms with E-state index in [0.717, 1.165) is 16.4 Å². The minimum atomic E-state index is -3.88. The molecule has 1 aromatic carbocycles. The number of sulfonamides is 1. The third-order valence-corrected chi connectivity index (χ3v) is 5.74. The van der Waals surface area contributed by atoms with Crippen LogP contribution < -0.4 is 0 Å². The molecule has 1 rings (SSSR count). The first-order valence-electron chi connectivity index (χ1n) is 5.39. The van der Waals surface area contributed by atoms with E-state index in [1.807, 2.05) is 6.26 Å². The molecule has 0 atom stereocenters. The van der Waals surface area contributed by atoms with E-state index in [9.17, 15) is 13.2 Å². The molecule has 0 aromatic heterocycles. The molecule has 0 bridgehead atoms. The molecule has 112 valence electrons. The molecule has 9 heteroatoms. The summed E-state index contributed by atoms with van der Waals surface area (Å²) in [7, 11) is -2.47. The molecule has 20 heavy (non-hydrogen) atoms. The average Bonchev–Trinajstić information content (AvgIpc) is 2.37. The monoisotopic (exact) mass is 357 g/mol. The van der Waals surface area contributed by atoms with Crippen molar-refractivity contribution in [1.82, 2.24) is 4.31 Å². The molecule has 0 unspecified atom stereocenters. The van der Waals surface area contributed by atoms with Gasteiger partial charge < -0.3 is 5.11 Å². The summed E-state index contributed by atoms with van der Waals surface area (Å²) in [5.74, 6) is -0.722. The maximum absolute atomic E-state index is 12.4. The molecule has 5 nitrogen and oxygen atoms in total. The Morgan fingerprint density at radius 1 is 1.40 bits per heavy atom. The zero-order chi connectivity index (χ0) is 15.5. The van der Waals surface area contributed by atoms with Crippen LogP contribution in [-0.4, -0.2) is 49.4 Å². The van der Waals surface area contributed by atoms with Crippen LogP contribution in [0.2, 0.25) is 10.0 Å². The number of halogens is 2. The summed E-state index contributed by atoms with van der Waals surface area (Å²) in [5.41, 5.74) is -0.337. The van der Waals surface area contributed by atoms with E-state index < -0.39 is 16.0 Å². The van der Waals surface area contributed by atoms with Gasteiger partial charge in [0.2, 0.25) is 10.0 Å². The lowest BCUT2D eigenvalue weighted by molar-refractivity contribution is 0.0697. The highest BCUT2D eigenvalue weighted by molar-refractivity contribution is 7.98. The quantitative estimate of drug-likeness (QED) is 0.846. The molecule has 0 aliphatic carbocycles. The van der Waals surface area contributed by atoms with Crippen molar-refractivity contribution in [3.05, 3.63) is 27.7 Å². The zero-order valence-electron chi connectivity index (χ0n) is 10.8. The number of rotatable bonds is 6. The smallest absolute Gasteiger partial charge is 0.337 e. The number of carboxylic acid groups (broad SMARTS) is 1. The second kappa shape index (κ2) is 7.00. The van der Waals surface area contributed by atoms with Crippen LogP contribution in [0.25, 0.3) is 0 Å². The van der Waals surface area contributed by atoms with Crippen molar-refractivity contribution in [2.75, 3.05) is 25.6 Å². The molecular weight excluding hydrogens is 345 g/mol. The van der Waals surface area contributed by atoms with Crippen molar-refractivity contribution < 1.29 is 18.3 Å². The van der Waals surface area contributed by atoms with Crippen LogP contribution in [0.5, 0.6) is 0 Å². The van der Waals surface area contributed by atoms with Gasteiger partial charge in [-0.3, -0.25) is 0 Å². The third kappa shape index (κ3) is 3.79. The first-order chi connectivity index (χ1) is 9.21. The zero-order valence-corrected chi connectivity index (χ0v) is 13.9. The summed E-state index contributed by atoms with van der Waals surface area (Å²) in [6, 6.07) is 2.27. The Labute approximate surface area is 131 Å². The summed E-state index contributed by atoms with van der Waals surface area (Å²) in [6.45, 7) is 0.286. The molecule has 0 aliphatic heterocycles. The second-order valence-corrected chi connectivity index (χ2v) is 7.70. The lowest BCUT2D eigenvalue weighted by atomic mass is 10.2. The summed E-state index contributed by atoms with van der Waals surface area (Å²) in [5, 5.41) is 8.67. The molecular formula is C11H13Cl2NO4S2. The minimum Gasteiger partial charge on any atom is -0.478 e. The molecule has 1 N–H and O–H groups in total. The van der Waals surface area contributed by atoms with Gasteiger partial charge in [0.25, 0.3) is 0 Å². The average molecular weight is 358 g/mol. The number of carboxylic acids is 1. The largest absolute Gasteiger partial charge is 0.478 e. The maximum atomic E-state index is 12.4. The van der Waals surface area contributed by atoms with Crippen LogP contribution in [-0.2, 0) is 10.0 Å². The van der Waals surface area contributed by atoms with E-state index in [4.69, 9.17) is 28.3 Å². The lowest BCUT2D eigenvalue weighted by Crippen LogP contribution is -2.29. The number of hydrogen-bond donors (Lipinski definition) is 1. The molecule has 0 saturated carbocycles. The van der Waals surface area contributed by atoms with Crippen molar-refractivity contribution >= 4 is 51.0 Å². The van der Waals surface area contributed by atoms with Crippen LogP contribution >= 0.6 is 35.0 Å². The lowest BCUT2D eigenvalue weighted by Gasteiger charge is -2.18. The first kappa shape index (κ1) is 17.6. The van der Waals surface area contributed by atoms with Gasteiger partial charge in [0.15, 0.2) is 0 Å². The van der Waals surface area contributed by atoms with E-state index in [0.29, 0.717) is 5.75 Å². The molecule has 0 fully saturated rings. The number of thioether (sulfide) groups is 1. The Balaban J connectivity index is 3.35. The molecule has 1 aromatic rings. The predicted molar refractivity (Wildman–Crippen MR) is 81.6 cm³/mol. The number of aromatic carboxylic acids is 1. The summed E-state index contributed by atoms with van der Waals surface area (Å²) < 4.78 is 25.9. The van der Waals surface area contributed by atoms with Crippen LogP contribution in [0, 0.1) is 0 Å². The van der Waals surface area contributed by atoms with Gasteiger partial charge in [-0.15, -0.1) is 0 Å².